The first-order chi connectivity index (χ1) is 10.1. The van der Waals surface area contributed by atoms with Gasteiger partial charge in [0.1, 0.15) is 11.5 Å². The smallest absolute Gasteiger partial charge is 0.345 e. The lowest BCUT2D eigenvalue weighted by Gasteiger charge is -2.16. The van der Waals surface area contributed by atoms with Crippen LogP contribution in [0.1, 0.15) is 5.56 Å². The van der Waals surface area contributed by atoms with Crippen LogP contribution in [0.2, 0.25) is 5.02 Å². The number of hydrogen-bond acceptors (Lipinski definition) is 3. The van der Waals surface area contributed by atoms with Gasteiger partial charge in [0.25, 0.3) is 0 Å². The van der Waals surface area contributed by atoms with Crippen molar-refractivity contribution in [1.82, 2.24) is 0 Å². The van der Waals surface area contributed by atoms with Gasteiger partial charge in [-0.3, -0.25) is 0 Å². The maximum Gasteiger partial charge on any atom is 0.345 e. The maximum absolute atomic E-state index is 11.4. The summed E-state index contributed by atoms with van der Waals surface area (Å²) in [6.07, 6.45) is -0.761. The molecule has 4 nitrogen and oxygen atoms in total. The predicted octanol–water partition coefficient (Wildman–Crippen LogP) is 3.42. The summed E-state index contributed by atoms with van der Waals surface area (Å²) in [6.45, 7) is 0. The molecule has 0 saturated carbocycles. The molecule has 0 bridgehead atoms. The highest BCUT2D eigenvalue weighted by atomic mass is 35.5. The molecular formula is C16H15ClO4. The molecule has 0 aliphatic rings. The standard InChI is InChI=1S/C16H15ClO4/c1-20-13-6-3-7-14(10-13)21-15(16(18)19)9-11-4-2-5-12(17)8-11/h2-8,10,15H,9H2,1H3,(H,18,19). The van der Waals surface area contributed by atoms with E-state index in [-0.39, 0.29) is 6.42 Å². The molecule has 2 rings (SSSR count). The van der Waals surface area contributed by atoms with Crippen LogP contribution in [0.15, 0.2) is 48.5 Å². The van der Waals surface area contributed by atoms with Crippen molar-refractivity contribution in [2.75, 3.05) is 7.11 Å². The molecule has 1 atom stereocenters. The van der Waals surface area contributed by atoms with Crippen LogP contribution in [0.5, 0.6) is 11.5 Å². The Morgan fingerprint density at radius 2 is 1.90 bits per heavy atom. The number of carbonyl (C=O) groups is 1. The molecule has 2 aromatic rings. The van der Waals surface area contributed by atoms with Crippen LogP contribution in [-0.4, -0.2) is 24.3 Å². The molecule has 0 saturated heterocycles. The molecule has 0 aromatic heterocycles. The molecule has 0 heterocycles. The van der Waals surface area contributed by atoms with Crippen molar-refractivity contribution in [3.8, 4) is 11.5 Å². The van der Waals surface area contributed by atoms with E-state index in [1.54, 1.807) is 49.6 Å². The Hall–Kier alpha value is -2.20. The lowest BCUT2D eigenvalue weighted by molar-refractivity contribution is -0.145. The molecule has 2 aromatic carbocycles. The van der Waals surface area contributed by atoms with Gasteiger partial charge in [-0.2, -0.15) is 0 Å². The van der Waals surface area contributed by atoms with E-state index in [1.807, 2.05) is 6.07 Å². The highest BCUT2D eigenvalue weighted by Gasteiger charge is 2.20. The van der Waals surface area contributed by atoms with Gasteiger partial charge in [0.05, 0.1) is 7.11 Å². The normalized spacial score (nSPS) is 11.7. The molecule has 0 spiro atoms. The van der Waals surface area contributed by atoms with E-state index >= 15 is 0 Å². The monoisotopic (exact) mass is 306 g/mol. The second-order valence-corrected chi connectivity index (χ2v) is 4.89. The number of benzene rings is 2. The SMILES string of the molecule is COc1cccc(OC(Cc2cccc(Cl)c2)C(=O)O)c1. The Morgan fingerprint density at radius 1 is 1.19 bits per heavy atom. The number of ether oxygens (including phenoxy) is 2. The molecule has 0 radical (unpaired) electrons. The van der Waals surface area contributed by atoms with Gasteiger partial charge in [-0.25, -0.2) is 4.79 Å². The van der Waals surface area contributed by atoms with Gasteiger partial charge in [-0.15, -0.1) is 0 Å². The largest absolute Gasteiger partial charge is 0.497 e. The topological polar surface area (TPSA) is 55.8 Å². The summed E-state index contributed by atoms with van der Waals surface area (Å²) in [5.41, 5.74) is 0.804. The van der Waals surface area contributed by atoms with Crippen LogP contribution in [0.3, 0.4) is 0 Å². The summed E-state index contributed by atoms with van der Waals surface area (Å²) in [4.78, 5) is 11.4. The highest BCUT2D eigenvalue weighted by Crippen LogP contribution is 2.21. The first-order valence-electron chi connectivity index (χ1n) is 6.36. The third-order valence-electron chi connectivity index (χ3n) is 2.91. The third kappa shape index (κ3) is 4.39. The number of carboxylic acids is 1. The van der Waals surface area contributed by atoms with E-state index in [0.717, 1.165) is 5.56 Å². The quantitative estimate of drug-likeness (QED) is 0.888. The fourth-order valence-corrected chi connectivity index (χ4v) is 2.11. The van der Waals surface area contributed by atoms with Crippen LogP contribution < -0.4 is 9.47 Å². The minimum Gasteiger partial charge on any atom is -0.497 e. The number of rotatable bonds is 6. The van der Waals surface area contributed by atoms with Crippen LogP contribution in [0.25, 0.3) is 0 Å². The summed E-state index contributed by atoms with van der Waals surface area (Å²) in [5.74, 6) is 0.0287. The number of methoxy groups -OCH3 is 1. The zero-order valence-corrected chi connectivity index (χ0v) is 12.2. The first-order valence-corrected chi connectivity index (χ1v) is 6.74. The van der Waals surface area contributed by atoms with Crippen molar-refractivity contribution in [3.63, 3.8) is 0 Å². The molecule has 110 valence electrons. The average molecular weight is 307 g/mol. The van der Waals surface area contributed by atoms with Gasteiger partial charge in [0.15, 0.2) is 6.10 Å². The van der Waals surface area contributed by atoms with E-state index in [0.29, 0.717) is 16.5 Å². The van der Waals surface area contributed by atoms with Crippen LogP contribution in [0, 0.1) is 0 Å². The van der Waals surface area contributed by atoms with E-state index in [2.05, 4.69) is 0 Å². The highest BCUT2D eigenvalue weighted by molar-refractivity contribution is 6.30. The predicted molar refractivity (Wildman–Crippen MR) is 80.2 cm³/mol. The van der Waals surface area contributed by atoms with Gasteiger partial charge in [-0.05, 0) is 29.8 Å². The van der Waals surface area contributed by atoms with E-state index in [4.69, 9.17) is 21.1 Å². The van der Waals surface area contributed by atoms with Crippen molar-refractivity contribution in [2.45, 2.75) is 12.5 Å². The fraction of sp³-hybridized carbons (Fsp3) is 0.188. The van der Waals surface area contributed by atoms with Crippen LogP contribution >= 0.6 is 11.6 Å². The van der Waals surface area contributed by atoms with Crippen molar-refractivity contribution in [1.29, 1.82) is 0 Å². The summed E-state index contributed by atoms with van der Waals surface area (Å²) < 4.78 is 10.6. The Labute approximate surface area is 127 Å². The Balaban J connectivity index is 2.13. The van der Waals surface area contributed by atoms with Crippen LogP contribution in [0.4, 0.5) is 0 Å². The molecule has 21 heavy (non-hydrogen) atoms. The van der Waals surface area contributed by atoms with Crippen molar-refractivity contribution < 1.29 is 19.4 Å². The number of aliphatic carboxylic acids is 1. The number of hydrogen-bond donors (Lipinski definition) is 1. The van der Waals surface area contributed by atoms with Crippen LogP contribution in [-0.2, 0) is 11.2 Å². The second kappa shape index (κ2) is 6.99. The molecular weight excluding hydrogens is 292 g/mol. The van der Waals surface area contributed by atoms with E-state index in [1.165, 1.54) is 0 Å². The summed E-state index contributed by atoms with van der Waals surface area (Å²) >= 11 is 5.90. The fourth-order valence-electron chi connectivity index (χ4n) is 1.90. The minimum atomic E-state index is -1.03. The Kier molecular flexibility index (Phi) is 5.06. The van der Waals surface area contributed by atoms with Gasteiger partial charge < -0.3 is 14.6 Å². The lowest BCUT2D eigenvalue weighted by atomic mass is 10.1. The summed E-state index contributed by atoms with van der Waals surface area (Å²) in [6, 6.07) is 13.9. The van der Waals surface area contributed by atoms with Gasteiger partial charge in [0.2, 0.25) is 0 Å². The molecule has 5 heteroatoms. The number of halogens is 1. The molecule has 0 aliphatic carbocycles. The van der Waals surface area contributed by atoms with Gasteiger partial charge in [-0.1, -0.05) is 29.8 Å². The molecule has 1 N–H and O–H groups in total. The van der Waals surface area contributed by atoms with Crippen molar-refractivity contribution >= 4 is 17.6 Å². The van der Waals surface area contributed by atoms with Crippen molar-refractivity contribution in [2.24, 2.45) is 0 Å². The summed E-state index contributed by atoms with van der Waals surface area (Å²) in [5, 5.41) is 9.87. The molecule has 1 unspecified atom stereocenters. The van der Waals surface area contributed by atoms with E-state index in [9.17, 15) is 9.90 Å². The third-order valence-corrected chi connectivity index (χ3v) is 3.14. The first kappa shape index (κ1) is 15.2. The molecule has 0 aliphatic heterocycles. The lowest BCUT2D eigenvalue weighted by Crippen LogP contribution is -2.29. The average Bonchev–Trinajstić information content (AvgIpc) is 2.47. The zero-order chi connectivity index (χ0) is 15.2. The minimum absolute atomic E-state index is 0.229. The number of carboxylic acid groups (broad SMARTS) is 1. The Bertz CT molecular complexity index is 627. The van der Waals surface area contributed by atoms with Gasteiger partial charge in [0, 0.05) is 17.5 Å². The maximum atomic E-state index is 11.4. The Morgan fingerprint density at radius 3 is 2.57 bits per heavy atom. The van der Waals surface area contributed by atoms with E-state index < -0.39 is 12.1 Å². The van der Waals surface area contributed by atoms with Crippen molar-refractivity contribution in [3.05, 3.63) is 59.1 Å². The second-order valence-electron chi connectivity index (χ2n) is 4.46. The summed E-state index contributed by atoms with van der Waals surface area (Å²) in [7, 11) is 1.54. The van der Waals surface area contributed by atoms with Gasteiger partial charge >= 0.3 is 5.97 Å². The zero-order valence-electron chi connectivity index (χ0n) is 11.5. The molecule has 0 amide bonds. The molecule has 0 fully saturated rings.